The van der Waals surface area contributed by atoms with Crippen molar-refractivity contribution in [2.75, 3.05) is 6.61 Å². The maximum Gasteiger partial charge on any atom is 0.303 e. The van der Waals surface area contributed by atoms with Crippen molar-refractivity contribution in [2.45, 2.75) is 88.7 Å². The fourth-order valence-electron chi connectivity index (χ4n) is 4.07. The van der Waals surface area contributed by atoms with Gasteiger partial charge in [-0.3, -0.25) is 4.79 Å². The van der Waals surface area contributed by atoms with E-state index in [0.29, 0.717) is 19.3 Å². The van der Waals surface area contributed by atoms with Gasteiger partial charge in [0.05, 0.1) is 12.2 Å². The van der Waals surface area contributed by atoms with E-state index in [2.05, 4.69) is 0 Å². The summed E-state index contributed by atoms with van der Waals surface area (Å²) in [7, 11) is 0. The number of alkyl halides is 1. The number of aliphatic carboxylic acids is 1. The third-order valence-corrected chi connectivity index (χ3v) is 6.12. The molecule has 0 radical (unpaired) electrons. The maximum atomic E-state index is 10.5. The highest BCUT2D eigenvalue weighted by Crippen LogP contribution is 2.43. The summed E-state index contributed by atoms with van der Waals surface area (Å²) in [5, 5.41) is 37.8. The summed E-state index contributed by atoms with van der Waals surface area (Å²) in [5.41, 5.74) is 0. The van der Waals surface area contributed by atoms with Gasteiger partial charge in [0.15, 0.2) is 0 Å². The first-order valence-corrected chi connectivity index (χ1v) is 10.8. The molecule has 0 spiro atoms. The van der Waals surface area contributed by atoms with Gasteiger partial charge in [0.1, 0.15) is 0 Å². The number of carbonyl (C=O) groups is 1. The quantitative estimate of drug-likeness (QED) is 0.201. The SMILES string of the molecule is C[C@@H](O)CCC[C@H](O)/C=C/[C@H]1[C@H](CO)C[C@@H](Cl)[C@@H]1CCCCCCC(=O)O. The maximum absolute atomic E-state index is 10.5. The summed E-state index contributed by atoms with van der Waals surface area (Å²) >= 11 is 6.55. The van der Waals surface area contributed by atoms with Crippen LogP contribution in [-0.2, 0) is 4.79 Å². The van der Waals surface area contributed by atoms with Gasteiger partial charge in [0.25, 0.3) is 0 Å². The average molecular weight is 405 g/mol. The lowest BCUT2D eigenvalue weighted by Crippen LogP contribution is -2.19. The van der Waals surface area contributed by atoms with Crippen LogP contribution >= 0.6 is 11.6 Å². The highest BCUT2D eigenvalue weighted by molar-refractivity contribution is 6.21. The zero-order chi connectivity index (χ0) is 20.2. The van der Waals surface area contributed by atoms with Crippen LogP contribution in [0.3, 0.4) is 0 Å². The van der Waals surface area contributed by atoms with Gasteiger partial charge in [0, 0.05) is 18.4 Å². The molecule has 1 saturated carbocycles. The topological polar surface area (TPSA) is 98.0 Å². The van der Waals surface area contributed by atoms with Crippen LogP contribution in [0, 0.1) is 17.8 Å². The molecule has 0 bridgehead atoms. The number of unbranched alkanes of at least 4 members (excludes halogenated alkanes) is 3. The van der Waals surface area contributed by atoms with Gasteiger partial charge in [-0.1, -0.05) is 31.4 Å². The van der Waals surface area contributed by atoms with Crippen LogP contribution in [0.1, 0.15) is 71.1 Å². The predicted octanol–water partition coefficient (Wildman–Crippen LogP) is 3.73. The van der Waals surface area contributed by atoms with E-state index in [9.17, 15) is 20.1 Å². The van der Waals surface area contributed by atoms with Gasteiger partial charge in [-0.15, -0.1) is 11.6 Å². The Balaban J connectivity index is 2.46. The number of carboxylic acid groups (broad SMARTS) is 1. The van der Waals surface area contributed by atoms with Crippen molar-refractivity contribution in [3.8, 4) is 0 Å². The van der Waals surface area contributed by atoms with Crippen molar-refractivity contribution in [3.05, 3.63) is 12.2 Å². The Morgan fingerprint density at radius 1 is 1.15 bits per heavy atom. The zero-order valence-corrected chi connectivity index (χ0v) is 17.2. The van der Waals surface area contributed by atoms with E-state index in [1.165, 1.54) is 0 Å². The van der Waals surface area contributed by atoms with E-state index >= 15 is 0 Å². The van der Waals surface area contributed by atoms with Crippen LogP contribution in [-0.4, -0.2) is 50.6 Å². The summed E-state index contributed by atoms with van der Waals surface area (Å²) in [6.45, 7) is 1.85. The molecule has 1 aliphatic rings. The van der Waals surface area contributed by atoms with Gasteiger partial charge in [0.2, 0.25) is 0 Å². The molecule has 0 aliphatic heterocycles. The highest BCUT2D eigenvalue weighted by atomic mass is 35.5. The Bertz CT molecular complexity index is 440. The Kier molecular flexibility index (Phi) is 12.2. The van der Waals surface area contributed by atoms with Crippen molar-refractivity contribution in [1.29, 1.82) is 0 Å². The first-order valence-electron chi connectivity index (χ1n) is 10.4. The van der Waals surface area contributed by atoms with Crippen LogP contribution in [0.2, 0.25) is 0 Å². The number of hydrogen-bond donors (Lipinski definition) is 4. The first kappa shape index (κ1) is 24.4. The average Bonchev–Trinajstić information content (AvgIpc) is 2.90. The molecule has 1 fully saturated rings. The zero-order valence-electron chi connectivity index (χ0n) is 16.5. The van der Waals surface area contributed by atoms with E-state index in [-0.39, 0.29) is 42.3 Å². The smallest absolute Gasteiger partial charge is 0.303 e. The molecule has 0 aromatic heterocycles. The van der Waals surface area contributed by atoms with Crippen LogP contribution in [0.5, 0.6) is 0 Å². The van der Waals surface area contributed by atoms with Crippen LogP contribution in [0.25, 0.3) is 0 Å². The molecule has 0 heterocycles. The Morgan fingerprint density at radius 3 is 2.48 bits per heavy atom. The highest BCUT2D eigenvalue weighted by Gasteiger charge is 2.40. The number of allylic oxidation sites excluding steroid dienone is 1. The molecule has 27 heavy (non-hydrogen) atoms. The van der Waals surface area contributed by atoms with Crippen molar-refractivity contribution in [3.63, 3.8) is 0 Å². The largest absolute Gasteiger partial charge is 0.481 e. The minimum Gasteiger partial charge on any atom is -0.481 e. The van der Waals surface area contributed by atoms with Crippen molar-refractivity contribution in [2.24, 2.45) is 17.8 Å². The summed E-state index contributed by atoms with van der Waals surface area (Å²) in [6, 6.07) is 0. The molecular formula is C21H37ClO5. The van der Waals surface area contributed by atoms with Gasteiger partial charge in [-0.05, 0) is 63.2 Å². The summed E-state index contributed by atoms with van der Waals surface area (Å²) < 4.78 is 0. The minimum atomic E-state index is -0.741. The molecule has 0 unspecified atom stereocenters. The van der Waals surface area contributed by atoms with E-state index in [1.54, 1.807) is 6.92 Å². The molecule has 0 aromatic carbocycles. The fourth-order valence-corrected chi connectivity index (χ4v) is 4.59. The number of hydrogen-bond acceptors (Lipinski definition) is 4. The third-order valence-electron chi connectivity index (χ3n) is 5.62. The molecule has 0 aromatic rings. The molecular weight excluding hydrogens is 368 g/mol. The normalized spacial score (nSPS) is 27.9. The van der Waals surface area contributed by atoms with Crippen LogP contribution in [0.15, 0.2) is 12.2 Å². The van der Waals surface area contributed by atoms with E-state index in [0.717, 1.165) is 38.5 Å². The Morgan fingerprint density at radius 2 is 1.85 bits per heavy atom. The molecule has 6 atom stereocenters. The second-order valence-corrected chi connectivity index (χ2v) is 8.57. The fraction of sp³-hybridized carbons (Fsp3) is 0.857. The lowest BCUT2D eigenvalue weighted by atomic mass is 9.85. The molecule has 1 aliphatic carbocycles. The number of aliphatic hydroxyl groups is 3. The Hall–Kier alpha value is -0.620. The second kappa shape index (κ2) is 13.5. The van der Waals surface area contributed by atoms with E-state index in [4.69, 9.17) is 16.7 Å². The number of rotatable bonds is 14. The minimum absolute atomic E-state index is 0.0307. The van der Waals surface area contributed by atoms with Gasteiger partial charge in [-0.25, -0.2) is 0 Å². The van der Waals surface area contributed by atoms with Crippen LogP contribution < -0.4 is 0 Å². The molecule has 0 saturated heterocycles. The predicted molar refractivity (Wildman–Crippen MR) is 108 cm³/mol. The molecule has 1 rings (SSSR count). The van der Waals surface area contributed by atoms with Crippen LogP contribution in [0.4, 0.5) is 0 Å². The summed E-state index contributed by atoms with van der Waals surface area (Å²) in [5.74, 6) is -0.160. The standard InChI is InChI=1S/C21H37ClO5/c1-15(24)7-6-8-17(25)11-12-18-16(14-23)13-20(22)19(18)9-4-2-3-5-10-21(26)27/h11-12,15-20,23-25H,2-10,13-14H2,1H3,(H,26,27)/b12-11+/t15-,16+,17+,18+,19-,20-/m1/s1. The molecule has 158 valence electrons. The third kappa shape index (κ3) is 9.93. The Labute approximate surface area is 168 Å². The van der Waals surface area contributed by atoms with Crippen molar-refractivity contribution in [1.82, 2.24) is 0 Å². The first-order chi connectivity index (χ1) is 12.8. The van der Waals surface area contributed by atoms with E-state index < -0.39 is 12.1 Å². The van der Waals surface area contributed by atoms with Gasteiger partial charge in [-0.2, -0.15) is 0 Å². The summed E-state index contributed by atoms with van der Waals surface area (Å²) in [6.07, 6.45) is 10.7. The second-order valence-electron chi connectivity index (χ2n) is 8.01. The lowest BCUT2D eigenvalue weighted by Gasteiger charge is -2.22. The number of aliphatic hydroxyl groups excluding tert-OH is 3. The van der Waals surface area contributed by atoms with Crippen molar-refractivity contribution >= 4 is 17.6 Å². The molecule has 0 amide bonds. The monoisotopic (exact) mass is 404 g/mol. The molecule has 5 nitrogen and oxygen atoms in total. The van der Waals surface area contributed by atoms with E-state index in [1.807, 2.05) is 12.2 Å². The number of carboxylic acids is 1. The van der Waals surface area contributed by atoms with Crippen molar-refractivity contribution < 1.29 is 25.2 Å². The summed E-state index contributed by atoms with van der Waals surface area (Å²) in [4.78, 5) is 10.5. The molecule has 6 heteroatoms. The molecule has 4 N–H and O–H groups in total. The number of halogens is 1. The van der Waals surface area contributed by atoms with Gasteiger partial charge < -0.3 is 20.4 Å². The van der Waals surface area contributed by atoms with Gasteiger partial charge >= 0.3 is 5.97 Å². The lowest BCUT2D eigenvalue weighted by molar-refractivity contribution is -0.137.